The monoisotopic (exact) mass is 629 g/mol. The Balaban J connectivity index is 0.000000187. The van der Waals surface area contributed by atoms with E-state index in [4.69, 9.17) is 4.74 Å². The number of likely N-dealkylation sites (tertiary alicyclic amines) is 2. The molecule has 11 heteroatoms. The highest BCUT2D eigenvalue weighted by molar-refractivity contribution is 5.78. The number of nitrogens with one attached hydrogen (secondary N) is 3. The van der Waals surface area contributed by atoms with E-state index in [9.17, 15) is 14.4 Å². The molecule has 0 aromatic heterocycles. The fourth-order valence-corrected chi connectivity index (χ4v) is 9.22. The average Bonchev–Trinajstić information content (AvgIpc) is 3.56. The topological polar surface area (TPSA) is 109 Å². The Bertz CT molecular complexity index is 1030. The number of fused-ring (bicyclic) bond motifs is 2. The van der Waals surface area contributed by atoms with Gasteiger partial charge in [-0.15, -0.1) is 0 Å². The first-order valence-electron chi connectivity index (χ1n) is 18.3. The maximum absolute atomic E-state index is 12.6. The minimum absolute atomic E-state index is 0.172. The second-order valence-corrected chi connectivity index (χ2v) is 15.6. The smallest absolute Gasteiger partial charge is 0.410 e. The molecular formula is C34H59N7O4. The third-order valence-electron chi connectivity index (χ3n) is 11.5. The van der Waals surface area contributed by atoms with Crippen LogP contribution in [0, 0.1) is 0 Å². The van der Waals surface area contributed by atoms with Crippen LogP contribution in [0.15, 0.2) is 0 Å². The van der Waals surface area contributed by atoms with Gasteiger partial charge in [0.15, 0.2) is 0 Å². The molecule has 7 rings (SSSR count). The number of carbonyl (C=O) groups is 3. The number of carbonyl (C=O) groups excluding carboxylic acids is 3. The maximum Gasteiger partial charge on any atom is 0.410 e. The number of amides is 5. The van der Waals surface area contributed by atoms with Crippen molar-refractivity contribution in [2.75, 3.05) is 39.3 Å². The van der Waals surface area contributed by atoms with E-state index in [1.807, 2.05) is 25.7 Å². The molecule has 0 spiro atoms. The zero-order valence-electron chi connectivity index (χ0n) is 28.1. The van der Waals surface area contributed by atoms with E-state index in [1.54, 1.807) is 0 Å². The zero-order valence-corrected chi connectivity index (χ0v) is 28.1. The number of rotatable bonds is 3. The third-order valence-corrected chi connectivity index (χ3v) is 11.5. The Morgan fingerprint density at radius 3 is 1.62 bits per heavy atom. The van der Waals surface area contributed by atoms with Gasteiger partial charge in [-0.3, -0.25) is 0 Å². The summed E-state index contributed by atoms with van der Waals surface area (Å²) in [5.41, 5.74) is -0.435. The number of ether oxygens (including phenoxy) is 1. The lowest BCUT2D eigenvalue weighted by Crippen LogP contribution is -2.54. The Morgan fingerprint density at radius 2 is 1.11 bits per heavy atom. The van der Waals surface area contributed by atoms with Gasteiger partial charge in [0, 0.05) is 44.3 Å². The molecule has 5 heterocycles. The Morgan fingerprint density at radius 1 is 0.644 bits per heavy atom. The third kappa shape index (κ3) is 7.66. The molecule has 0 aromatic rings. The average molecular weight is 630 g/mol. The minimum Gasteiger partial charge on any atom is -0.444 e. The lowest BCUT2D eigenvalue weighted by molar-refractivity contribution is 0.0104. The van der Waals surface area contributed by atoms with E-state index in [1.165, 1.54) is 38.5 Å². The number of hydrogen-bond acceptors (Lipinski definition) is 6. The van der Waals surface area contributed by atoms with E-state index in [2.05, 4.69) is 30.7 Å². The van der Waals surface area contributed by atoms with Crippen molar-refractivity contribution in [3.8, 4) is 0 Å². The van der Waals surface area contributed by atoms with E-state index < -0.39 is 5.60 Å². The second-order valence-electron chi connectivity index (χ2n) is 15.6. The largest absolute Gasteiger partial charge is 0.444 e. The number of urea groups is 2. The molecule has 0 bridgehead atoms. The second kappa shape index (κ2) is 14.2. The van der Waals surface area contributed by atoms with Crippen molar-refractivity contribution in [1.82, 2.24) is 35.6 Å². The van der Waals surface area contributed by atoms with Crippen LogP contribution >= 0.6 is 0 Å². The first-order chi connectivity index (χ1) is 21.7. The van der Waals surface area contributed by atoms with Gasteiger partial charge in [0.05, 0.1) is 24.2 Å². The number of nitrogens with zero attached hydrogens (tertiary/aromatic N) is 4. The molecule has 5 saturated heterocycles. The quantitative estimate of drug-likeness (QED) is 0.431. The molecule has 2 saturated carbocycles. The van der Waals surface area contributed by atoms with Crippen LogP contribution in [0.25, 0.3) is 0 Å². The van der Waals surface area contributed by atoms with Gasteiger partial charge in [-0.05, 0) is 98.1 Å². The molecule has 5 amide bonds. The van der Waals surface area contributed by atoms with Crippen LogP contribution in [0.3, 0.4) is 0 Å². The zero-order chi connectivity index (χ0) is 31.6. The van der Waals surface area contributed by atoms with Crippen LogP contribution < -0.4 is 16.0 Å². The highest BCUT2D eigenvalue weighted by atomic mass is 16.6. The maximum atomic E-state index is 12.6. The standard InChI is InChI=1S/C22H38N4O3.C12H21N3O/c1-22(2,3)29-21(28)25-14-8-16(9-15-25)24-12-10-17(11-13-24)26-19-7-5-4-6-18(19)23-20(26)27;16-12-14-10-3-1-2-4-11(10)15(12)9-5-7-13-8-6-9/h16-19H,4-15H2,1-3H3,(H,23,27);9-11,13H,1-8H2,(H,14,16)/t18-,19-;10-,11-/m11/s1. The van der Waals surface area contributed by atoms with Crippen molar-refractivity contribution in [3.05, 3.63) is 0 Å². The molecule has 7 aliphatic rings. The number of piperidine rings is 3. The highest BCUT2D eigenvalue weighted by Crippen LogP contribution is 2.34. The van der Waals surface area contributed by atoms with Crippen LogP contribution in [0.4, 0.5) is 14.4 Å². The molecule has 0 unspecified atom stereocenters. The minimum atomic E-state index is -0.435. The Hall–Kier alpha value is -2.27. The summed E-state index contributed by atoms with van der Waals surface area (Å²) in [5, 5.41) is 9.77. The Kier molecular flexibility index (Phi) is 10.3. The lowest BCUT2D eigenvalue weighted by Gasteiger charge is -2.44. The SMILES string of the molecule is CC(C)(C)OC(=O)N1CCC(N2CCC(N3C(=O)N[C@@H]4CCCC[C@H]43)CC2)CC1.O=C1N[C@@H]2CCCC[C@H]2N1C1CCNCC1. The van der Waals surface area contributed by atoms with Crippen LogP contribution in [-0.4, -0.2) is 125 Å². The molecule has 3 N–H and O–H groups in total. The van der Waals surface area contributed by atoms with E-state index >= 15 is 0 Å². The van der Waals surface area contributed by atoms with Crippen LogP contribution in [0.1, 0.15) is 111 Å². The molecule has 45 heavy (non-hydrogen) atoms. The molecule has 7 fully saturated rings. The molecule has 4 atom stereocenters. The molecule has 0 aromatic carbocycles. The van der Waals surface area contributed by atoms with Gasteiger partial charge in [0.2, 0.25) is 0 Å². The molecular weight excluding hydrogens is 570 g/mol. The van der Waals surface area contributed by atoms with E-state index in [0.717, 1.165) is 90.6 Å². The summed E-state index contributed by atoms with van der Waals surface area (Å²) < 4.78 is 5.51. The summed E-state index contributed by atoms with van der Waals surface area (Å²) in [4.78, 5) is 45.7. The van der Waals surface area contributed by atoms with E-state index in [-0.39, 0.29) is 18.2 Å². The summed E-state index contributed by atoms with van der Waals surface area (Å²) in [6.07, 6.45) is 16.0. The van der Waals surface area contributed by atoms with Crippen molar-refractivity contribution in [3.63, 3.8) is 0 Å². The van der Waals surface area contributed by atoms with Crippen molar-refractivity contribution in [1.29, 1.82) is 0 Å². The highest BCUT2D eigenvalue weighted by Gasteiger charge is 2.45. The van der Waals surface area contributed by atoms with Crippen LogP contribution in [0.5, 0.6) is 0 Å². The van der Waals surface area contributed by atoms with Gasteiger partial charge in [0.25, 0.3) is 0 Å². The molecule has 2 aliphatic carbocycles. The van der Waals surface area contributed by atoms with Gasteiger partial charge in [0.1, 0.15) is 5.60 Å². The number of hydrogen-bond donors (Lipinski definition) is 3. The van der Waals surface area contributed by atoms with Crippen molar-refractivity contribution < 1.29 is 19.1 Å². The Labute approximate surface area is 270 Å². The predicted molar refractivity (Wildman–Crippen MR) is 174 cm³/mol. The normalized spacial score (nSPS) is 32.3. The summed E-state index contributed by atoms with van der Waals surface area (Å²) >= 11 is 0. The summed E-state index contributed by atoms with van der Waals surface area (Å²) in [6, 6.07) is 3.52. The predicted octanol–water partition coefficient (Wildman–Crippen LogP) is 4.26. The van der Waals surface area contributed by atoms with Gasteiger partial charge in [-0.25, -0.2) is 14.4 Å². The van der Waals surface area contributed by atoms with Gasteiger partial charge in [-0.2, -0.15) is 0 Å². The fourth-order valence-electron chi connectivity index (χ4n) is 9.22. The first-order valence-corrected chi connectivity index (χ1v) is 18.3. The summed E-state index contributed by atoms with van der Waals surface area (Å²) in [7, 11) is 0. The van der Waals surface area contributed by atoms with Gasteiger partial charge in [-0.1, -0.05) is 25.7 Å². The lowest BCUT2D eigenvalue weighted by atomic mass is 9.89. The molecule has 254 valence electrons. The first kappa shape index (κ1) is 32.7. The molecule has 11 nitrogen and oxygen atoms in total. The van der Waals surface area contributed by atoms with Crippen LogP contribution in [0.2, 0.25) is 0 Å². The van der Waals surface area contributed by atoms with Crippen LogP contribution in [-0.2, 0) is 4.74 Å². The van der Waals surface area contributed by atoms with E-state index in [0.29, 0.717) is 42.3 Å². The van der Waals surface area contributed by atoms with Crippen molar-refractivity contribution in [2.45, 2.75) is 159 Å². The van der Waals surface area contributed by atoms with Crippen molar-refractivity contribution in [2.24, 2.45) is 0 Å². The van der Waals surface area contributed by atoms with Crippen molar-refractivity contribution >= 4 is 18.2 Å². The summed E-state index contributed by atoms with van der Waals surface area (Å²) in [5.74, 6) is 0. The fraction of sp³-hybridized carbons (Fsp3) is 0.912. The van der Waals surface area contributed by atoms with Gasteiger partial charge >= 0.3 is 18.2 Å². The van der Waals surface area contributed by atoms with Gasteiger partial charge < -0.3 is 40.3 Å². The summed E-state index contributed by atoms with van der Waals surface area (Å²) in [6.45, 7) is 11.5. The molecule has 5 aliphatic heterocycles. The molecule has 0 radical (unpaired) electrons.